The van der Waals surface area contributed by atoms with E-state index in [0.717, 1.165) is 11.3 Å². The molecule has 0 unspecified atom stereocenters. The molecule has 0 aliphatic heterocycles. The molecule has 0 saturated heterocycles. The predicted octanol–water partition coefficient (Wildman–Crippen LogP) is 2.31. The van der Waals surface area contributed by atoms with E-state index in [4.69, 9.17) is 9.84 Å². The zero-order valence-corrected chi connectivity index (χ0v) is 8.37. The molecule has 0 aliphatic carbocycles. The van der Waals surface area contributed by atoms with Crippen LogP contribution < -0.4 is 4.74 Å². The highest BCUT2D eigenvalue weighted by Gasteiger charge is 2.17. The van der Waals surface area contributed by atoms with Gasteiger partial charge in [0.25, 0.3) is 0 Å². The van der Waals surface area contributed by atoms with Gasteiger partial charge in [-0.25, -0.2) is 0 Å². The Morgan fingerprint density at radius 1 is 1.23 bits per heavy atom. The van der Waals surface area contributed by atoms with Crippen LogP contribution in [0.25, 0.3) is 0 Å². The van der Waals surface area contributed by atoms with E-state index in [1.165, 1.54) is 0 Å². The van der Waals surface area contributed by atoms with Crippen molar-refractivity contribution in [2.24, 2.45) is 0 Å². The molecule has 1 rings (SSSR count). The zero-order valence-electron chi connectivity index (χ0n) is 8.37. The summed E-state index contributed by atoms with van der Waals surface area (Å²) >= 11 is 0. The van der Waals surface area contributed by atoms with Gasteiger partial charge in [-0.1, -0.05) is 39.0 Å². The minimum absolute atomic E-state index is 0.0474. The maximum absolute atomic E-state index is 8.69. The van der Waals surface area contributed by atoms with Crippen molar-refractivity contribution >= 4 is 0 Å². The summed E-state index contributed by atoms with van der Waals surface area (Å²) in [6, 6.07) is 7.77. The lowest BCUT2D eigenvalue weighted by Crippen LogP contribution is -2.13. The summed E-state index contributed by atoms with van der Waals surface area (Å²) in [5.74, 6) is 0.762. The van der Waals surface area contributed by atoms with Gasteiger partial charge in [-0.3, -0.25) is 0 Å². The molecule has 0 bridgehead atoms. The Balaban J connectivity index is 3.05. The fourth-order valence-electron chi connectivity index (χ4n) is 1.28. The van der Waals surface area contributed by atoms with E-state index in [0.29, 0.717) is 0 Å². The Labute approximate surface area is 79.2 Å². The van der Waals surface area contributed by atoms with Gasteiger partial charge in [-0.2, -0.15) is 0 Å². The van der Waals surface area contributed by atoms with Crippen LogP contribution in [0, 0.1) is 0 Å². The van der Waals surface area contributed by atoms with Crippen molar-refractivity contribution in [3.63, 3.8) is 0 Å². The lowest BCUT2D eigenvalue weighted by Gasteiger charge is -2.21. The Morgan fingerprint density at radius 3 is 2.38 bits per heavy atom. The molecule has 0 spiro atoms. The highest BCUT2D eigenvalue weighted by molar-refractivity contribution is 5.38. The number of hydrogen-bond donors (Lipinski definition) is 1. The molecule has 2 heteroatoms. The number of ether oxygens (including phenoxy) is 1. The molecule has 72 valence electrons. The van der Waals surface area contributed by atoms with Gasteiger partial charge in [0.2, 0.25) is 0 Å². The average Bonchev–Trinajstić information content (AvgIpc) is 2.04. The summed E-state index contributed by atoms with van der Waals surface area (Å²) in [6.07, 6.45) is 0. The first-order valence-corrected chi connectivity index (χ1v) is 4.39. The van der Waals surface area contributed by atoms with Crippen LogP contribution in [0.3, 0.4) is 0 Å². The van der Waals surface area contributed by atoms with Crippen LogP contribution in [-0.2, 0) is 5.41 Å². The zero-order chi connectivity index (χ0) is 9.90. The molecule has 0 amide bonds. The van der Waals surface area contributed by atoms with Gasteiger partial charge < -0.3 is 9.84 Å². The smallest absolute Gasteiger partial charge is 0.186 e. The van der Waals surface area contributed by atoms with Gasteiger partial charge in [0.15, 0.2) is 6.79 Å². The summed E-state index contributed by atoms with van der Waals surface area (Å²) in [6.45, 7) is 6.08. The second-order valence-electron chi connectivity index (χ2n) is 4.02. The summed E-state index contributed by atoms with van der Waals surface area (Å²) in [5.41, 5.74) is 1.16. The highest BCUT2D eigenvalue weighted by atomic mass is 16.6. The van der Waals surface area contributed by atoms with Crippen LogP contribution in [0.15, 0.2) is 24.3 Å². The van der Waals surface area contributed by atoms with Crippen molar-refractivity contribution in [1.29, 1.82) is 0 Å². The SMILES string of the molecule is CC(C)(C)c1ccccc1OCO. The maximum atomic E-state index is 8.69. The Hall–Kier alpha value is -1.02. The molecular weight excluding hydrogens is 164 g/mol. The number of hydrogen-bond acceptors (Lipinski definition) is 2. The summed E-state index contributed by atoms with van der Waals surface area (Å²) in [4.78, 5) is 0. The van der Waals surface area contributed by atoms with Crippen LogP contribution in [0.1, 0.15) is 26.3 Å². The first-order valence-electron chi connectivity index (χ1n) is 4.39. The third-order valence-corrected chi connectivity index (χ3v) is 1.92. The van der Waals surface area contributed by atoms with E-state index >= 15 is 0 Å². The molecule has 0 fully saturated rings. The second kappa shape index (κ2) is 3.79. The molecule has 0 radical (unpaired) electrons. The molecule has 0 atom stereocenters. The number of benzene rings is 1. The lowest BCUT2D eigenvalue weighted by atomic mass is 9.86. The van der Waals surface area contributed by atoms with Gasteiger partial charge in [0.05, 0.1) is 0 Å². The Kier molecular flexibility index (Phi) is 2.94. The fourth-order valence-corrected chi connectivity index (χ4v) is 1.28. The van der Waals surface area contributed by atoms with Crippen molar-refractivity contribution in [2.75, 3.05) is 6.79 Å². The molecule has 1 aromatic rings. The molecule has 0 aliphatic rings. The van der Waals surface area contributed by atoms with Gasteiger partial charge >= 0.3 is 0 Å². The summed E-state index contributed by atoms with van der Waals surface area (Å²) < 4.78 is 5.12. The third-order valence-electron chi connectivity index (χ3n) is 1.92. The predicted molar refractivity (Wildman–Crippen MR) is 52.9 cm³/mol. The van der Waals surface area contributed by atoms with Gasteiger partial charge in [-0.05, 0) is 17.0 Å². The van der Waals surface area contributed by atoms with Crippen molar-refractivity contribution in [3.05, 3.63) is 29.8 Å². The molecule has 1 aromatic carbocycles. The first kappa shape index (κ1) is 10.1. The number of aliphatic hydroxyl groups excluding tert-OH is 1. The minimum Gasteiger partial charge on any atom is -0.467 e. The van der Waals surface area contributed by atoms with E-state index in [-0.39, 0.29) is 12.2 Å². The van der Waals surface area contributed by atoms with E-state index in [9.17, 15) is 0 Å². The van der Waals surface area contributed by atoms with Crippen molar-refractivity contribution in [3.8, 4) is 5.75 Å². The van der Waals surface area contributed by atoms with E-state index in [1.807, 2.05) is 24.3 Å². The average molecular weight is 180 g/mol. The normalized spacial score (nSPS) is 11.4. The molecule has 13 heavy (non-hydrogen) atoms. The van der Waals surface area contributed by atoms with Gasteiger partial charge in [-0.15, -0.1) is 0 Å². The maximum Gasteiger partial charge on any atom is 0.186 e. The van der Waals surface area contributed by atoms with Crippen LogP contribution in [-0.4, -0.2) is 11.9 Å². The molecule has 0 heterocycles. The largest absolute Gasteiger partial charge is 0.467 e. The molecule has 0 aromatic heterocycles. The standard InChI is InChI=1S/C11H16O2/c1-11(2,3)9-6-4-5-7-10(9)13-8-12/h4-7,12H,8H2,1-3H3. The lowest BCUT2D eigenvalue weighted by molar-refractivity contribution is 0.0966. The molecular formula is C11H16O2. The third kappa shape index (κ3) is 2.46. The molecule has 2 nitrogen and oxygen atoms in total. The Morgan fingerprint density at radius 2 is 1.85 bits per heavy atom. The van der Waals surface area contributed by atoms with E-state index < -0.39 is 0 Å². The molecule has 0 saturated carbocycles. The Bertz CT molecular complexity index is 274. The van der Waals surface area contributed by atoms with Crippen molar-refractivity contribution < 1.29 is 9.84 Å². The van der Waals surface area contributed by atoms with Gasteiger partial charge in [0, 0.05) is 0 Å². The van der Waals surface area contributed by atoms with Crippen LogP contribution in [0.4, 0.5) is 0 Å². The fraction of sp³-hybridized carbons (Fsp3) is 0.455. The second-order valence-corrected chi connectivity index (χ2v) is 4.02. The van der Waals surface area contributed by atoms with Gasteiger partial charge in [0.1, 0.15) is 5.75 Å². The topological polar surface area (TPSA) is 29.5 Å². The quantitative estimate of drug-likeness (QED) is 0.708. The summed E-state index contributed by atoms with van der Waals surface area (Å²) in [7, 11) is 0. The minimum atomic E-state index is -0.271. The number of rotatable bonds is 2. The van der Waals surface area contributed by atoms with Crippen LogP contribution in [0.2, 0.25) is 0 Å². The number of aliphatic hydroxyl groups is 1. The van der Waals surface area contributed by atoms with Crippen LogP contribution in [0.5, 0.6) is 5.75 Å². The number of para-hydroxylation sites is 1. The van der Waals surface area contributed by atoms with E-state index in [2.05, 4.69) is 20.8 Å². The van der Waals surface area contributed by atoms with Crippen molar-refractivity contribution in [2.45, 2.75) is 26.2 Å². The first-order chi connectivity index (χ1) is 6.05. The highest BCUT2D eigenvalue weighted by Crippen LogP contribution is 2.30. The summed E-state index contributed by atoms with van der Waals surface area (Å²) in [5, 5.41) is 8.69. The van der Waals surface area contributed by atoms with E-state index in [1.54, 1.807) is 0 Å². The molecule has 1 N–H and O–H groups in total. The monoisotopic (exact) mass is 180 g/mol. The van der Waals surface area contributed by atoms with Crippen molar-refractivity contribution in [1.82, 2.24) is 0 Å². The van der Waals surface area contributed by atoms with Crippen LogP contribution >= 0.6 is 0 Å².